The summed E-state index contributed by atoms with van der Waals surface area (Å²) in [6.07, 6.45) is 92.5. The van der Waals surface area contributed by atoms with Crippen molar-refractivity contribution in [2.24, 2.45) is 0 Å². The zero-order valence-electron chi connectivity index (χ0n) is 54.6. The van der Waals surface area contributed by atoms with E-state index in [1.807, 2.05) is 21.1 Å². The van der Waals surface area contributed by atoms with E-state index in [-0.39, 0.29) is 26.1 Å². The molecule has 0 bridgehead atoms. The van der Waals surface area contributed by atoms with E-state index in [0.717, 1.165) is 128 Å². The van der Waals surface area contributed by atoms with Gasteiger partial charge in [-0.25, -0.2) is 0 Å². The molecule has 0 spiro atoms. The molecule has 0 fully saturated rings. The van der Waals surface area contributed by atoms with Gasteiger partial charge in [0.25, 0.3) is 7.82 Å². The average molecular weight is 1190 g/mol. The summed E-state index contributed by atoms with van der Waals surface area (Å²) in [6.45, 7) is 4.00. The van der Waals surface area contributed by atoms with Gasteiger partial charge in [0.1, 0.15) is 19.8 Å². The molecule has 2 atom stereocenters. The van der Waals surface area contributed by atoms with Crippen molar-refractivity contribution in [3.05, 3.63) is 134 Å². The van der Waals surface area contributed by atoms with Crippen molar-refractivity contribution in [1.29, 1.82) is 0 Å². The first-order valence-corrected chi connectivity index (χ1v) is 35.4. The second kappa shape index (κ2) is 63.6. The Balaban J connectivity index is 4.00. The second-order valence-electron chi connectivity index (χ2n) is 23.4. The summed E-state index contributed by atoms with van der Waals surface area (Å²) in [4.78, 5) is 38.0. The Morgan fingerprint density at radius 3 is 0.952 bits per heavy atom. The number of allylic oxidation sites excluding steroid dienone is 22. The van der Waals surface area contributed by atoms with E-state index in [0.29, 0.717) is 23.9 Å². The molecule has 2 unspecified atom stereocenters. The Labute approximate surface area is 517 Å². The van der Waals surface area contributed by atoms with Crippen LogP contribution < -0.4 is 4.89 Å². The van der Waals surface area contributed by atoms with E-state index in [4.69, 9.17) is 18.5 Å². The number of phosphoric acid groups is 1. The number of nitrogens with zero attached hydrogens (tertiary/aromatic N) is 1. The highest BCUT2D eigenvalue weighted by atomic mass is 31.2. The summed E-state index contributed by atoms with van der Waals surface area (Å²) < 4.78 is 34.2. The van der Waals surface area contributed by atoms with Crippen molar-refractivity contribution in [2.45, 2.75) is 277 Å². The first kappa shape index (κ1) is 80.2. The lowest BCUT2D eigenvalue weighted by atomic mass is 10.0. The number of hydrogen-bond acceptors (Lipinski definition) is 8. The van der Waals surface area contributed by atoms with E-state index in [1.165, 1.54) is 103 Å². The molecule has 0 aromatic rings. The summed E-state index contributed by atoms with van der Waals surface area (Å²) in [6, 6.07) is 0. The standard InChI is InChI=1S/C74H126NO8P/c1-6-8-10-12-14-16-18-20-22-24-26-27-28-29-30-31-32-33-34-35-36-37-38-39-40-41-42-43-44-45-46-47-49-51-53-55-57-59-61-63-65-67-74(77)83-72(71-82-84(78,79)81-69-68-75(3,4)5)70-80-73(76)66-64-62-60-58-56-54-52-50-48-25-23-21-19-17-15-13-11-9-7-2/h8-11,14-17,20-23,26-27,29-30,32-33,35-36,48,50,72H,6-7,12-13,18-19,24-25,28,31,34,37-47,49,51-71H2,1-5H3/b10-8-,11-9-,16-14-,17-15-,22-20-,23-21-,27-26-,30-29-,33-32-,36-35-,50-48-. The molecule has 0 aromatic carbocycles. The minimum absolute atomic E-state index is 0.0377. The Kier molecular flexibility index (Phi) is 60.7. The Morgan fingerprint density at radius 1 is 0.369 bits per heavy atom. The molecule has 0 saturated carbocycles. The van der Waals surface area contributed by atoms with Crippen LogP contribution >= 0.6 is 7.82 Å². The van der Waals surface area contributed by atoms with Gasteiger partial charge in [-0.1, -0.05) is 282 Å². The molecule has 0 heterocycles. The molecule has 0 aromatic heterocycles. The molecule has 0 N–H and O–H groups in total. The molecule has 10 heteroatoms. The monoisotopic (exact) mass is 1190 g/mol. The van der Waals surface area contributed by atoms with Crippen LogP contribution in [0, 0.1) is 0 Å². The summed E-state index contributed by atoms with van der Waals surface area (Å²) in [5.74, 6) is -0.849. The SMILES string of the molecule is CC/C=C\C/C=C\C/C=C\C/C=C\C/C=C\C/C=C\C/C=C\CCCCCCCCCCCCCCCCCCCCCC(=O)OC(COC(=O)CCCCCCCC/C=C\C/C=C\C/C=C\C/C=C\CC)COP(=O)([O-])OCC[N+](C)(C)C. The predicted octanol–water partition coefficient (Wildman–Crippen LogP) is 21.4. The number of rotatable bonds is 61. The maximum Gasteiger partial charge on any atom is 0.306 e. The summed E-state index contributed by atoms with van der Waals surface area (Å²) >= 11 is 0. The van der Waals surface area contributed by atoms with Crippen molar-refractivity contribution < 1.29 is 42.1 Å². The first-order valence-electron chi connectivity index (χ1n) is 33.9. The maximum atomic E-state index is 12.8. The summed E-state index contributed by atoms with van der Waals surface area (Å²) in [7, 11) is 1.15. The van der Waals surface area contributed by atoms with Crippen molar-refractivity contribution in [2.75, 3.05) is 47.5 Å². The molecule has 0 aliphatic rings. The molecule has 0 aliphatic heterocycles. The van der Waals surface area contributed by atoms with E-state index >= 15 is 0 Å². The van der Waals surface area contributed by atoms with Crippen molar-refractivity contribution in [3.63, 3.8) is 0 Å². The van der Waals surface area contributed by atoms with E-state index in [1.54, 1.807) is 0 Å². The fourth-order valence-electron chi connectivity index (χ4n) is 9.04. The van der Waals surface area contributed by atoms with Gasteiger partial charge >= 0.3 is 11.9 Å². The van der Waals surface area contributed by atoms with Crippen LogP contribution in [0.3, 0.4) is 0 Å². The van der Waals surface area contributed by atoms with Crippen LogP contribution in [0.15, 0.2) is 134 Å². The van der Waals surface area contributed by atoms with Crippen LogP contribution in [0.25, 0.3) is 0 Å². The Bertz CT molecular complexity index is 1880. The molecule has 0 radical (unpaired) electrons. The van der Waals surface area contributed by atoms with Crippen molar-refractivity contribution in [1.82, 2.24) is 0 Å². The van der Waals surface area contributed by atoms with Crippen LogP contribution in [0.1, 0.15) is 271 Å². The number of esters is 2. The molecule has 480 valence electrons. The fraction of sp³-hybridized carbons (Fsp3) is 0.676. The zero-order valence-corrected chi connectivity index (χ0v) is 55.4. The molecular formula is C74H126NO8P. The molecule has 0 rings (SSSR count). The third-order valence-electron chi connectivity index (χ3n) is 14.2. The van der Waals surface area contributed by atoms with Crippen LogP contribution in [-0.4, -0.2) is 70.0 Å². The highest BCUT2D eigenvalue weighted by Gasteiger charge is 2.22. The van der Waals surface area contributed by atoms with Crippen LogP contribution in [0.4, 0.5) is 0 Å². The molecule has 84 heavy (non-hydrogen) atoms. The van der Waals surface area contributed by atoms with Crippen LogP contribution in [0.5, 0.6) is 0 Å². The van der Waals surface area contributed by atoms with Gasteiger partial charge in [-0.2, -0.15) is 0 Å². The minimum atomic E-state index is -4.65. The largest absolute Gasteiger partial charge is 0.756 e. The number of carbonyl (C=O) groups is 2. The summed E-state index contributed by atoms with van der Waals surface area (Å²) in [5.41, 5.74) is 0. The minimum Gasteiger partial charge on any atom is -0.756 e. The van der Waals surface area contributed by atoms with Crippen molar-refractivity contribution in [3.8, 4) is 0 Å². The van der Waals surface area contributed by atoms with E-state index < -0.39 is 32.5 Å². The van der Waals surface area contributed by atoms with Gasteiger partial charge in [0.2, 0.25) is 0 Å². The average Bonchev–Trinajstić information content (AvgIpc) is 3.61. The van der Waals surface area contributed by atoms with Gasteiger partial charge in [-0.3, -0.25) is 14.2 Å². The van der Waals surface area contributed by atoms with Gasteiger partial charge in [0.15, 0.2) is 6.10 Å². The topological polar surface area (TPSA) is 111 Å². The van der Waals surface area contributed by atoms with Crippen molar-refractivity contribution >= 4 is 19.8 Å². The lowest BCUT2D eigenvalue weighted by molar-refractivity contribution is -0.870. The molecular weight excluding hydrogens is 1060 g/mol. The van der Waals surface area contributed by atoms with Gasteiger partial charge in [0.05, 0.1) is 27.7 Å². The number of phosphoric ester groups is 1. The van der Waals surface area contributed by atoms with E-state index in [2.05, 4.69) is 148 Å². The number of quaternary nitrogens is 1. The summed E-state index contributed by atoms with van der Waals surface area (Å²) in [5, 5.41) is 0. The van der Waals surface area contributed by atoms with Crippen LogP contribution in [-0.2, 0) is 32.7 Å². The fourth-order valence-corrected chi connectivity index (χ4v) is 9.77. The van der Waals surface area contributed by atoms with Gasteiger partial charge in [-0.15, -0.1) is 0 Å². The predicted molar refractivity (Wildman–Crippen MR) is 360 cm³/mol. The number of likely N-dealkylation sites (N-methyl/N-ethyl adjacent to an activating group) is 1. The quantitative estimate of drug-likeness (QED) is 0.0195. The first-order chi connectivity index (χ1) is 41.0. The maximum absolute atomic E-state index is 12.8. The third kappa shape index (κ3) is 67.3. The lowest BCUT2D eigenvalue weighted by Gasteiger charge is -2.28. The number of hydrogen-bond donors (Lipinski definition) is 0. The number of unbranched alkanes of at least 4 members (excludes halogenated alkanes) is 25. The van der Waals surface area contributed by atoms with Crippen LogP contribution in [0.2, 0.25) is 0 Å². The smallest absolute Gasteiger partial charge is 0.306 e. The normalized spacial score (nSPS) is 14.0. The van der Waals surface area contributed by atoms with Gasteiger partial charge in [-0.05, 0) is 109 Å². The third-order valence-corrected chi connectivity index (χ3v) is 15.1. The highest BCUT2D eigenvalue weighted by molar-refractivity contribution is 7.45. The lowest BCUT2D eigenvalue weighted by Crippen LogP contribution is -2.37. The zero-order chi connectivity index (χ0) is 61.2. The molecule has 0 aliphatic carbocycles. The molecule has 0 saturated heterocycles. The Morgan fingerprint density at radius 2 is 0.643 bits per heavy atom. The number of ether oxygens (including phenoxy) is 2. The Hall–Kier alpha value is -3.85. The van der Waals surface area contributed by atoms with Gasteiger partial charge < -0.3 is 27.9 Å². The number of carbonyl (C=O) groups excluding carboxylic acids is 2. The second-order valence-corrected chi connectivity index (χ2v) is 24.8. The van der Waals surface area contributed by atoms with Gasteiger partial charge in [0, 0.05) is 12.8 Å². The molecule has 9 nitrogen and oxygen atoms in total. The van der Waals surface area contributed by atoms with E-state index in [9.17, 15) is 19.0 Å². The molecule has 0 amide bonds. The highest BCUT2D eigenvalue weighted by Crippen LogP contribution is 2.38.